The molecule has 2 N–H and O–H groups in total. The predicted molar refractivity (Wildman–Crippen MR) is 50.7 cm³/mol. The highest BCUT2D eigenvalue weighted by Gasteiger charge is 1.74. The molecule has 0 fully saturated rings. The van der Waals surface area contributed by atoms with Crippen LogP contribution in [0.5, 0.6) is 0 Å². The summed E-state index contributed by atoms with van der Waals surface area (Å²) in [5, 5.41) is 0. The third-order valence-corrected chi connectivity index (χ3v) is 1.29. The number of aromatic nitrogens is 2. The second-order valence-corrected chi connectivity index (χ2v) is 2.49. The van der Waals surface area contributed by atoms with E-state index in [9.17, 15) is 0 Å². The average molecular weight is 167 g/mol. The molecule has 0 atom stereocenters. The molecule has 0 unspecified atom stereocenters. The molecule has 0 aliphatic heterocycles. The molecule has 1 aromatic heterocycles. The first-order valence-corrected chi connectivity index (χ1v) is 4.24. The SMILES string of the molecule is CCCCN.Cc1ccncn1. The Balaban J connectivity index is 0.000000217. The number of nitrogens with zero attached hydrogens (tertiary/aromatic N) is 2. The van der Waals surface area contributed by atoms with Gasteiger partial charge in [-0.1, -0.05) is 13.3 Å². The van der Waals surface area contributed by atoms with E-state index in [1.807, 2.05) is 13.0 Å². The third-order valence-electron chi connectivity index (χ3n) is 1.29. The number of hydrogen-bond donors (Lipinski definition) is 1. The molecule has 1 aromatic rings. The maximum Gasteiger partial charge on any atom is 0.115 e. The Morgan fingerprint density at radius 2 is 2.25 bits per heavy atom. The van der Waals surface area contributed by atoms with Crippen molar-refractivity contribution in [2.75, 3.05) is 6.54 Å². The van der Waals surface area contributed by atoms with Crippen LogP contribution < -0.4 is 5.73 Å². The smallest absolute Gasteiger partial charge is 0.115 e. The first-order chi connectivity index (χ1) is 5.81. The molecule has 12 heavy (non-hydrogen) atoms. The van der Waals surface area contributed by atoms with Crippen LogP contribution in [0.4, 0.5) is 0 Å². The van der Waals surface area contributed by atoms with E-state index in [0.29, 0.717) is 0 Å². The summed E-state index contributed by atoms with van der Waals surface area (Å²) in [6.07, 6.45) is 5.65. The van der Waals surface area contributed by atoms with Gasteiger partial charge in [-0.25, -0.2) is 9.97 Å². The summed E-state index contributed by atoms with van der Waals surface area (Å²) in [6, 6.07) is 1.86. The Morgan fingerprint density at radius 3 is 2.42 bits per heavy atom. The monoisotopic (exact) mass is 167 g/mol. The molecule has 0 aliphatic rings. The molecule has 3 heteroatoms. The van der Waals surface area contributed by atoms with E-state index >= 15 is 0 Å². The standard InChI is InChI=1S/C5H6N2.C4H11N/c1-5-2-3-6-4-7-5;1-2-3-4-5/h2-4H,1H3;2-5H2,1H3. The van der Waals surface area contributed by atoms with E-state index in [-0.39, 0.29) is 0 Å². The second-order valence-electron chi connectivity index (χ2n) is 2.49. The molecule has 68 valence electrons. The maximum absolute atomic E-state index is 5.14. The molecule has 0 saturated heterocycles. The lowest BCUT2D eigenvalue weighted by Gasteiger charge is -1.81. The van der Waals surface area contributed by atoms with Crippen molar-refractivity contribution < 1.29 is 0 Å². The molecule has 0 spiro atoms. The van der Waals surface area contributed by atoms with Gasteiger partial charge >= 0.3 is 0 Å². The lowest BCUT2D eigenvalue weighted by molar-refractivity contribution is 0.807. The molecule has 0 bridgehead atoms. The number of aryl methyl sites for hydroxylation is 1. The fourth-order valence-corrected chi connectivity index (χ4v) is 0.561. The van der Waals surface area contributed by atoms with Crippen molar-refractivity contribution in [2.24, 2.45) is 5.73 Å². The summed E-state index contributed by atoms with van der Waals surface area (Å²) in [6.45, 7) is 4.91. The van der Waals surface area contributed by atoms with Gasteiger partial charge in [0.15, 0.2) is 0 Å². The molecule has 0 amide bonds. The highest BCUT2D eigenvalue weighted by atomic mass is 14.8. The van der Waals surface area contributed by atoms with Gasteiger partial charge in [0.1, 0.15) is 6.33 Å². The van der Waals surface area contributed by atoms with Crippen LogP contribution in [0.15, 0.2) is 18.6 Å². The van der Waals surface area contributed by atoms with Crippen LogP contribution in [0.2, 0.25) is 0 Å². The van der Waals surface area contributed by atoms with E-state index in [1.165, 1.54) is 19.2 Å². The fourth-order valence-electron chi connectivity index (χ4n) is 0.561. The van der Waals surface area contributed by atoms with E-state index in [4.69, 9.17) is 5.73 Å². The highest BCUT2D eigenvalue weighted by molar-refractivity contribution is 4.92. The van der Waals surface area contributed by atoms with E-state index < -0.39 is 0 Å². The Bertz CT molecular complexity index is 172. The summed E-state index contributed by atoms with van der Waals surface area (Å²) in [5.74, 6) is 0. The van der Waals surface area contributed by atoms with E-state index in [1.54, 1.807) is 6.20 Å². The molecule has 0 aliphatic carbocycles. The quantitative estimate of drug-likeness (QED) is 0.726. The van der Waals surface area contributed by atoms with Crippen molar-refractivity contribution in [1.29, 1.82) is 0 Å². The molecular formula is C9H17N3. The lowest BCUT2D eigenvalue weighted by Crippen LogP contribution is -1.95. The first kappa shape index (κ1) is 11.0. The van der Waals surface area contributed by atoms with E-state index in [2.05, 4.69) is 16.9 Å². The minimum atomic E-state index is 0.844. The summed E-state index contributed by atoms with van der Waals surface area (Å²) in [4.78, 5) is 7.60. The zero-order valence-corrected chi connectivity index (χ0v) is 7.83. The number of rotatable bonds is 2. The van der Waals surface area contributed by atoms with Gasteiger partial charge in [-0.2, -0.15) is 0 Å². The van der Waals surface area contributed by atoms with Crippen molar-refractivity contribution in [3.05, 3.63) is 24.3 Å². The lowest BCUT2D eigenvalue weighted by atomic mass is 10.3. The van der Waals surface area contributed by atoms with Crippen LogP contribution in [-0.4, -0.2) is 16.5 Å². The highest BCUT2D eigenvalue weighted by Crippen LogP contribution is 1.82. The fraction of sp³-hybridized carbons (Fsp3) is 0.556. The van der Waals surface area contributed by atoms with Crippen molar-refractivity contribution in [1.82, 2.24) is 9.97 Å². The third kappa shape index (κ3) is 7.15. The van der Waals surface area contributed by atoms with Crippen molar-refractivity contribution in [2.45, 2.75) is 26.7 Å². The van der Waals surface area contributed by atoms with Gasteiger partial charge in [-0.15, -0.1) is 0 Å². The average Bonchev–Trinajstić information content (AvgIpc) is 2.08. The van der Waals surface area contributed by atoms with Gasteiger partial charge in [0, 0.05) is 11.9 Å². The molecule has 1 rings (SSSR count). The van der Waals surface area contributed by atoms with Gasteiger partial charge in [0.2, 0.25) is 0 Å². The molecule has 0 aromatic carbocycles. The zero-order chi connectivity index (χ0) is 9.23. The zero-order valence-electron chi connectivity index (χ0n) is 7.83. The van der Waals surface area contributed by atoms with Crippen LogP contribution in [-0.2, 0) is 0 Å². The summed E-state index contributed by atoms with van der Waals surface area (Å²) >= 11 is 0. The molecule has 0 radical (unpaired) electrons. The van der Waals surface area contributed by atoms with Crippen LogP contribution in [0.1, 0.15) is 25.5 Å². The summed E-state index contributed by atoms with van der Waals surface area (Å²) in [7, 11) is 0. The van der Waals surface area contributed by atoms with Gasteiger partial charge in [-0.05, 0) is 26.0 Å². The van der Waals surface area contributed by atoms with Crippen molar-refractivity contribution >= 4 is 0 Å². The number of unbranched alkanes of at least 4 members (excludes halogenated alkanes) is 1. The predicted octanol–water partition coefficient (Wildman–Crippen LogP) is 1.53. The van der Waals surface area contributed by atoms with Crippen molar-refractivity contribution in [3.63, 3.8) is 0 Å². The van der Waals surface area contributed by atoms with Crippen LogP contribution >= 0.6 is 0 Å². The maximum atomic E-state index is 5.14. The Hall–Kier alpha value is -0.960. The first-order valence-electron chi connectivity index (χ1n) is 4.24. The number of nitrogens with two attached hydrogens (primary N) is 1. The van der Waals surface area contributed by atoms with Gasteiger partial charge < -0.3 is 5.73 Å². The van der Waals surface area contributed by atoms with Gasteiger partial charge in [0.05, 0.1) is 0 Å². The van der Waals surface area contributed by atoms with Gasteiger partial charge in [0.25, 0.3) is 0 Å². The van der Waals surface area contributed by atoms with Crippen LogP contribution in [0.25, 0.3) is 0 Å². The normalized spacial score (nSPS) is 8.58. The topological polar surface area (TPSA) is 51.8 Å². The molecule has 1 heterocycles. The number of hydrogen-bond acceptors (Lipinski definition) is 3. The Morgan fingerprint density at radius 1 is 1.50 bits per heavy atom. The van der Waals surface area contributed by atoms with Gasteiger partial charge in [-0.3, -0.25) is 0 Å². The Labute approximate surface area is 74.0 Å². The largest absolute Gasteiger partial charge is 0.330 e. The minimum Gasteiger partial charge on any atom is -0.330 e. The van der Waals surface area contributed by atoms with Crippen LogP contribution in [0, 0.1) is 6.92 Å². The second kappa shape index (κ2) is 8.14. The summed E-state index contributed by atoms with van der Waals surface area (Å²) < 4.78 is 0. The summed E-state index contributed by atoms with van der Waals surface area (Å²) in [5.41, 5.74) is 6.15. The van der Waals surface area contributed by atoms with E-state index in [0.717, 1.165) is 12.2 Å². The van der Waals surface area contributed by atoms with Crippen LogP contribution in [0.3, 0.4) is 0 Å². The molecule has 3 nitrogen and oxygen atoms in total. The minimum absolute atomic E-state index is 0.844. The molecular weight excluding hydrogens is 150 g/mol. The Kier molecular flexibility index (Phi) is 7.49. The van der Waals surface area contributed by atoms with Crippen molar-refractivity contribution in [3.8, 4) is 0 Å². The molecule has 0 saturated carbocycles.